The monoisotopic (exact) mass is 195 g/mol. The van der Waals surface area contributed by atoms with Gasteiger partial charge in [0.1, 0.15) is 0 Å². The van der Waals surface area contributed by atoms with E-state index in [9.17, 15) is 4.79 Å². The average Bonchev–Trinajstić information content (AvgIpc) is 2.67. The van der Waals surface area contributed by atoms with Crippen molar-refractivity contribution in [3.8, 4) is 0 Å². The third-order valence-corrected chi connectivity index (χ3v) is 1.93. The summed E-state index contributed by atoms with van der Waals surface area (Å²) in [6.07, 6.45) is 4.81. The second kappa shape index (κ2) is 4.57. The van der Waals surface area contributed by atoms with Gasteiger partial charge in [0, 0.05) is 24.5 Å². The Morgan fingerprint density at radius 1 is 1.93 bits per heavy atom. The molecule has 1 atom stereocenters. The molecule has 1 aromatic rings. The summed E-state index contributed by atoms with van der Waals surface area (Å²) in [6.45, 7) is 3.75. The molecule has 76 valence electrons. The molecule has 0 amide bonds. The maximum Gasteiger partial charge on any atom is 0.314 e. The maximum atomic E-state index is 11.3. The lowest BCUT2D eigenvalue weighted by Crippen LogP contribution is -2.22. The van der Waals surface area contributed by atoms with Crippen molar-refractivity contribution in [2.45, 2.75) is 5.92 Å². The molecule has 2 N–H and O–H groups in total. The Morgan fingerprint density at radius 2 is 2.64 bits per heavy atom. The molecule has 1 aromatic heterocycles. The van der Waals surface area contributed by atoms with Crippen LogP contribution in [0, 0.1) is 0 Å². The van der Waals surface area contributed by atoms with Crippen LogP contribution in [-0.4, -0.2) is 29.4 Å². The molecule has 0 saturated heterocycles. The SMILES string of the molecule is C=Cn1cc(C(CN)C(=O)OC)cn1. The van der Waals surface area contributed by atoms with Gasteiger partial charge in [0.25, 0.3) is 0 Å². The number of hydrogen-bond acceptors (Lipinski definition) is 4. The number of aromatic nitrogens is 2. The minimum absolute atomic E-state index is 0.204. The molecule has 0 radical (unpaired) electrons. The number of methoxy groups -OCH3 is 1. The van der Waals surface area contributed by atoms with Crippen LogP contribution in [0.2, 0.25) is 0 Å². The molecule has 1 unspecified atom stereocenters. The number of nitrogens with zero attached hydrogens (tertiary/aromatic N) is 2. The van der Waals surface area contributed by atoms with Gasteiger partial charge in [0.2, 0.25) is 0 Å². The van der Waals surface area contributed by atoms with E-state index in [0.717, 1.165) is 5.56 Å². The second-order valence-corrected chi connectivity index (χ2v) is 2.75. The highest BCUT2D eigenvalue weighted by molar-refractivity contribution is 5.78. The fraction of sp³-hybridized carbons (Fsp3) is 0.333. The Hall–Kier alpha value is -1.62. The summed E-state index contributed by atoms with van der Waals surface area (Å²) < 4.78 is 6.13. The Labute approximate surface area is 82.2 Å². The molecule has 14 heavy (non-hydrogen) atoms. The topological polar surface area (TPSA) is 70.1 Å². The van der Waals surface area contributed by atoms with Crippen LogP contribution in [0.3, 0.4) is 0 Å². The Morgan fingerprint density at radius 3 is 3.07 bits per heavy atom. The number of ether oxygens (including phenoxy) is 1. The number of rotatable bonds is 4. The zero-order valence-electron chi connectivity index (χ0n) is 8.01. The molecule has 0 saturated carbocycles. The molecule has 5 nitrogen and oxygen atoms in total. The smallest absolute Gasteiger partial charge is 0.314 e. The van der Waals surface area contributed by atoms with Crippen LogP contribution in [0.5, 0.6) is 0 Å². The van der Waals surface area contributed by atoms with Gasteiger partial charge in [0.15, 0.2) is 0 Å². The Kier molecular flexibility index (Phi) is 3.41. The largest absolute Gasteiger partial charge is 0.469 e. The number of carbonyl (C=O) groups is 1. The molecular weight excluding hydrogens is 182 g/mol. The lowest BCUT2D eigenvalue weighted by atomic mass is 10.0. The van der Waals surface area contributed by atoms with Crippen molar-refractivity contribution in [3.05, 3.63) is 24.5 Å². The molecule has 0 aliphatic heterocycles. The highest BCUT2D eigenvalue weighted by atomic mass is 16.5. The van der Waals surface area contributed by atoms with E-state index in [1.807, 2.05) is 0 Å². The minimum atomic E-state index is -0.450. The standard InChI is InChI=1S/C9H13N3O2/c1-3-12-6-7(5-11-12)8(4-10)9(13)14-2/h3,5-6,8H,1,4,10H2,2H3. The summed E-state index contributed by atoms with van der Waals surface area (Å²) in [5.41, 5.74) is 6.20. The first-order valence-electron chi connectivity index (χ1n) is 4.17. The molecule has 0 fully saturated rings. The van der Waals surface area contributed by atoms with E-state index in [1.54, 1.807) is 12.4 Å². The summed E-state index contributed by atoms with van der Waals surface area (Å²) in [6, 6.07) is 0. The van der Waals surface area contributed by atoms with Crippen molar-refractivity contribution in [3.63, 3.8) is 0 Å². The van der Waals surface area contributed by atoms with Gasteiger partial charge in [-0.25, -0.2) is 4.68 Å². The molecule has 1 heterocycles. The van der Waals surface area contributed by atoms with Gasteiger partial charge >= 0.3 is 5.97 Å². The van der Waals surface area contributed by atoms with Crippen LogP contribution in [0.1, 0.15) is 11.5 Å². The Balaban J connectivity index is 2.88. The molecule has 0 aliphatic carbocycles. The number of nitrogens with two attached hydrogens (primary N) is 1. The van der Waals surface area contributed by atoms with Crippen LogP contribution in [-0.2, 0) is 9.53 Å². The molecule has 5 heteroatoms. The predicted octanol–water partition coefficient (Wildman–Crippen LogP) is 0.199. The molecule has 0 spiro atoms. The average molecular weight is 195 g/mol. The van der Waals surface area contributed by atoms with Gasteiger partial charge < -0.3 is 10.5 Å². The highest BCUT2D eigenvalue weighted by Gasteiger charge is 2.20. The van der Waals surface area contributed by atoms with Crippen LogP contribution in [0.25, 0.3) is 6.20 Å². The third kappa shape index (κ3) is 2.00. The quantitative estimate of drug-likeness (QED) is 0.697. The highest BCUT2D eigenvalue weighted by Crippen LogP contribution is 2.14. The van der Waals surface area contributed by atoms with Crippen molar-refractivity contribution in [1.29, 1.82) is 0 Å². The van der Waals surface area contributed by atoms with E-state index in [0.29, 0.717) is 0 Å². The first kappa shape index (κ1) is 10.5. The summed E-state index contributed by atoms with van der Waals surface area (Å²) in [7, 11) is 1.34. The first-order chi connectivity index (χ1) is 6.72. The first-order valence-corrected chi connectivity index (χ1v) is 4.17. The van der Waals surface area contributed by atoms with Gasteiger partial charge in [0.05, 0.1) is 19.2 Å². The van der Waals surface area contributed by atoms with Crippen molar-refractivity contribution in [2.75, 3.05) is 13.7 Å². The van der Waals surface area contributed by atoms with E-state index in [4.69, 9.17) is 5.73 Å². The lowest BCUT2D eigenvalue weighted by Gasteiger charge is -2.08. The summed E-state index contributed by atoms with van der Waals surface area (Å²) >= 11 is 0. The van der Waals surface area contributed by atoms with E-state index < -0.39 is 5.92 Å². The van der Waals surface area contributed by atoms with Gasteiger partial charge in [-0.1, -0.05) is 6.58 Å². The predicted molar refractivity (Wildman–Crippen MR) is 52.4 cm³/mol. The van der Waals surface area contributed by atoms with E-state index in [1.165, 1.54) is 18.0 Å². The normalized spacial score (nSPS) is 12.1. The summed E-state index contributed by atoms with van der Waals surface area (Å²) in [5.74, 6) is -0.801. The van der Waals surface area contributed by atoms with E-state index in [-0.39, 0.29) is 12.5 Å². The fourth-order valence-electron chi connectivity index (χ4n) is 1.14. The fourth-order valence-corrected chi connectivity index (χ4v) is 1.14. The molecule has 1 rings (SSSR count). The van der Waals surface area contributed by atoms with E-state index in [2.05, 4.69) is 16.4 Å². The lowest BCUT2D eigenvalue weighted by molar-refractivity contribution is -0.142. The van der Waals surface area contributed by atoms with Gasteiger partial charge in [-0.15, -0.1) is 0 Å². The van der Waals surface area contributed by atoms with Crippen LogP contribution >= 0.6 is 0 Å². The number of carbonyl (C=O) groups excluding carboxylic acids is 1. The molecular formula is C9H13N3O2. The zero-order valence-corrected chi connectivity index (χ0v) is 8.01. The number of esters is 1. The second-order valence-electron chi connectivity index (χ2n) is 2.75. The molecule has 0 bridgehead atoms. The Bertz CT molecular complexity index is 333. The summed E-state index contributed by atoms with van der Waals surface area (Å²) in [4.78, 5) is 11.3. The minimum Gasteiger partial charge on any atom is -0.469 e. The zero-order chi connectivity index (χ0) is 10.6. The molecule has 0 aliphatic rings. The van der Waals surface area contributed by atoms with Crippen molar-refractivity contribution < 1.29 is 9.53 Å². The maximum absolute atomic E-state index is 11.3. The van der Waals surface area contributed by atoms with Crippen molar-refractivity contribution in [1.82, 2.24) is 9.78 Å². The van der Waals surface area contributed by atoms with Gasteiger partial charge in [-0.3, -0.25) is 4.79 Å². The van der Waals surface area contributed by atoms with Crippen LogP contribution in [0.4, 0.5) is 0 Å². The van der Waals surface area contributed by atoms with Gasteiger partial charge in [-0.05, 0) is 0 Å². The third-order valence-electron chi connectivity index (χ3n) is 1.93. The summed E-state index contributed by atoms with van der Waals surface area (Å²) in [5, 5.41) is 3.96. The van der Waals surface area contributed by atoms with E-state index >= 15 is 0 Å². The van der Waals surface area contributed by atoms with Crippen molar-refractivity contribution >= 4 is 12.2 Å². The van der Waals surface area contributed by atoms with Crippen LogP contribution in [0.15, 0.2) is 19.0 Å². The molecule has 0 aromatic carbocycles. The number of hydrogen-bond donors (Lipinski definition) is 1. The van der Waals surface area contributed by atoms with Crippen LogP contribution < -0.4 is 5.73 Å². The van der Waals surface area contributed by atoms with Gasteiger partial charge in [-0.2, -0.15) is 5.10 Å². The van der Waals surface area contributed by atoms with Crippen molar-refractivity contribution in [2.24, 2.45) is 5.73 Å².